The van der Waals surface area contributed by atoms with Crippen LogP contribution in [0.2, 0.25) is 0 Å². The Bertz CT molecular complexity index is 476. The number of carbonyl (C=O) groups is 2. The number of hydrogen-bond acceptors (Lipinski definition) is 4. The van der Waals surface area contributed by atoms with E-state index in [1.165, 1.54) is 11.8 Å². The van der Waals surface area contributed by atoms with E-state index in [0.717, 1.165) is 29.2 Å². The van der Waals surface area contributed by atoms with Crippen molar-refractivity contribution < 1.29 is 9.59 Å². The summed E-state index contributed by atoms with van der Waals surface area (Å²) in [7, 11) is 0. The summed E-state index contributed by atoms with van der Waals surface area (Å²) >= 11 is 2.98. The number of rotatable bonds is 5. The number of benzene rings is 1. The Morgan fingerprint density at radius 1 is 1.47 bits per heavy atom. The van der Waals surface area contributed by atoms with Gasteiger partial charge in [0.25, 0.3) is 5.91 Å². The van der Waals surface area contributed by atoms with Crippen LogP contribution in [0.5, 0.6) is 0 Å². The molecule has 1 aromatic carbocycles. The number of thioether (sulfide) groups is 2. The van der Waals surface area contributed by atoms with Crippen molar-refractivity contribution in [2.75, 3.05) is 11.5 Å². The third-order valence-electron chi connectivity index (χ3n) is 2.83. The largest absolute Gasteiger partial charge is 0.341 e. The molecule has 2 rings (SSSR count). The Balaban J connectivity index is 2.07. The van der Waals surface area contributed by atoms with Gasteiger partial charge in [-0.2, -0.15) is 0 Å². The highest BCUT2D eigenvalue weighted by molar-refractivity contribution is 8.14. The molecular formula is C14H17NO2S2. The molecule has 0 bridgehead atoms. The van der Waals surface area contributed by atoms with E-state index in [0.29, 0.717) is 5.56 Å². The number of nitrogens with one attached hydrogen (secondary N) is 1. The molecule has 19 heavy (non-hydrogen) atoms. The van der Waals surface area contributed by atoms with Gasteiger partial charge in [-0.1, -0.05) is 30.8 Å². The Kier molecular flexibility index (Phi) is 5.34. The summed E-state index contributed by atoms with van der Waals surface area (Å²) in [4.78, 5) is 24.8. The number of amides is 1. The zero-order valence-electron chi connectivity index (χ0n) is 10.8. The molecule has 0 spiro atoms. The first-order valence-electron chi connectivity index (χ1n) is 6.41. The lowest BCUT2D eigenvalue weighted by Crippen LogP contribution is -2.37. The van der Waals surface area contributed by atoms with Crippen LogP contribution >= 0.6 is 23.5 Å². The van der Waals surface area contributed by atoms with Gasteiger partial charge in [0.1, 0.15) is 0 Å². The molecule has 1 N–H and O–H groups in total. The second-order valence-electron chi connectivity index (χ2n) is 4.33. The van der Waals surface area contributed by atoms with Crippen LogP contribution in [0, 0.1) is 0 Å². The van der Waals surface area contributed by atoms with E-state index in [-0.39, 0.29) is 17.1 Å². The first-order valence-corrected chi connectivity index (χ1v) is 8.39. The summed E-state index contributed by atoms with van der Waals surface area (Å²) in [6, 6.07) is 7.25. The number of carbonyl (C=O) groups excluding carboxylic acids is 2. The lowest BCUT2D eigenvalue weighted by Gasteiger charge is -2.12. The topological polar surface area (TPSA) is 46.2 Å². The molecule has 1 unspecified atom stereocenters. The SMILES string of the molecule is CCCSc1ccccc1C(=O)NC1CCSC1=O. The van der Waals surface area contributed by atoms with Crippen molar-refractivity contribution in [3.8, 4) is 0 Å². The molecule has 1 aromatic rings. The van der Waals surface area contributed by atoms with Gasteiger partial charge in [-0.15, -0.1) is 11.8 Å². The van der Waals surface area contributed by atoms with E-state index < -0.39 is 0 Å². The van der Waals surface area contributed by atoms with Gasteiger partial charge >= 0.3 is 0 Å². The maximum absolute atomic E-state index is 12.2. The Labute approximate surface area is 121 Å². The molecule has 1 aliphatic heterocycles. The summed E-state index contributed by atoms with van der Waals surface area (Å²) in [5.74, 6) is 1.65. The molecule has 1 atom stereocenters. The van der Waals surface area contributed by atoms with E-state index in [9.17, 15) is 9.59 Å². The van der Waals surface area contributed by atoms with Gasteiger partial charge in [-0.25, -0.2) is 0 Å². The van der Waals surface area contributed by atoms with E-state index in [1.807, 2.05) is 24.3 Å². The van der Waals surface area contributed by atoms with Gasteiger partial charge in [0.2, 0.25) is 5.12 Å². The predicted octanol–water partition coefficient (Wildman–Crippen LogP) is 2.95. The molecule has 1 amide bonds. The second-order valence-corrected chi connectivity index (χ2v) is 6.56. The molecule has 1 aliphatic rings. The highest BCUT2D eigenvalue weighted by atomic mass is 32.2. The van der Waals surface area contributed by atoms with Crippen molar-refractivity contribution in [3.63, 3.8) is 0 Å². The van der Waals surface area contributed by atoms with Gasteiger partial charge in [-0.3, -0.25) is 9.59 Å². The molecule has 0 aromatic heterocycles. The molecule has 102 valence electrons. The first kappa shape index (κ1) is 14.5. The molecule has 0 radical (unpaired) electrons. The van der Waals surface area contributed by atoms with Crippen LogP contribution in [-0.2, 0) is 4.79 Å². The molecular weight excluding hydrogens is 278 g/mol. The highest BCUT2D eigenvalue weighted by Gasteiger charge is 2.27. The summed E-state index contributed by atoms with van der Waals surface area (Å²) in [6.07, 6.45) is 1.80. The second kappa shape index (κ2) is 7.01. The van der Waals surface area contributed by atoms with Crippen LogP contribution in [0.15, 0.2) is 29.2 Å². The Hall–Kier alpha value is -0.940. The van der Waals surface area contributed by atoms with Crippen LogP contribution < -0.4 is 5.32 Å². The maximum Gasteiger partial charge on any atom is 0.253 e. The summed E-state index contributed by atoms with van der Waals surface area (Å²) in [6.45, 7) is 2.12. The van der Waals surface area contributed by atoms with Crippen molar-refractivity contribution in [2.24, 2.45) is 0 Å². The molecule has 0 saturated carbocycles. The zero-order chi connectivity index (χ0) is 13.7. The monoisotopic (exact) mass is 295 g/mol. The smallest absolute Gasteiger partial charge is 0.253 e. The molecule has 0 aliphatic carbocycles. The molecule has 5 heteroatoms. The zero-order valence-corrected chi connectivity index (χ0v) is 12.5. The highest BCUT2D eigenvalue weighted by Crippen LogP contribution is 2.24. The standard InChI is InChI=1S/C14H17NO2S2/c1-2-8-18-12-6-4-3-5-10(12)13(16)15-11-7-9-19-14(11)17/h3-6,11H,2,7-9H2,1H3,(H,15,16). The number of hydrogen-bond donors (Lipinski definition) is 1. The average Bonchev–Trinajstić information content (AvgIpc) is 2.82. The Morgan fingerprint density at radius 3 is 2.95 bits per heavy atom. The van der Waals surface area contributed by atoms with Crippen molar-refractivity contribution in [3.05, 3.63) is 29.8 Å². The fourth-order valence-corrected chi connectivity index (χ4v) is 3.70. The molecule has 3 nitrogen and oxygen atoms in total. The van der Waals surface area contributed by atoms with Crippen molar-refractivity contribution >= 4 is 34.5 Å². The summed E-state index contributed by atoms with van der Waals surface area (Å²) < 4.78 is 0. The van der Waals surface area contributed by atoms with Crippen LogP contribution in [0.4, 0.5) is 0 Å². The lowest BCUT2D eigenvalue weighted by atomic mass is 10.2. The van der Waals surface area contributed by atoms with Crippen LogP contribution in [0.3, 0.4) is 0 Å². The van der Waals surface area contributed by atoms with Crippen LogP contribution in [0.1, 0.15) is 30.1 Å². The van der Waals surface area contributed by atoms with E-state index in [4.69, 9.17) is 0 Å². The van der Waals surface area contributed by atoms with Gasteiger partial charge in [0.15, 0.2) is 0 Å². The van der Waals surface area contributed by atoms with Crippen LogP contribution in [-0.4, -0.2) is 28.6 Å². The quantitative estimate of drug-likeness (QED) is 0.848. The average molecular weight is 295 g/mol. The van der Waals surface area contributed by atoms with Gasteiger partial charge in [-0.05, 0) is 30.7 Å². The molecule has 1 saturated heterocycles. The van der Waals surface area contributed by atoms with Crippen molar-refractivity contribution in [1.82, 2.24) is 5.32 Å². The normalized spacial score (nSPS) is 18.6. The minimum atomic E-state index is -0.318. The molecule has 1 heterocycles. The van der Waals surface area contributed by atoms with E-state index in [1.54, 1.807) is 11.8 Å². The van der Waals surface area contributed by atoms with Gasteiger partial charge < -0.3 is 5.32 Å². The maximum atomic E-state index is 12.2. The first-order chi connectivity index (χ1) is 9.22. The van der Waals surface area contributed by atoms with Gasteiger partial charge in [0.05, 0.1) is 11.6 Å². The third kappa shape index (κ3) is 3.76. The van der Waals surface area contributed by atoms with Crippen molar-refractivity contribution in [1.29, 1.82) is 0 Å². The predicted molar refractivity (Wildman–Crippen MR) is 80.8 cm³/mol. The van der Waals surface area contributed by atoms with E-state index in [2.05, 4.69) is 12.2 Å². The minimum absolute atomic E-state index is 0.0760. The fourth-order valence-electron chi connectivity index (χ4n) is 1.86. The lowest BCUT2D eigenvalue weighted by molar-refractivity contribution is -0.112. The fraction of sp³-hybridized carbons (Fsp3) is 0.429. The summed E-state index contributed by atoms with van der Waals surface area (Å²) in [5, 5.41) is 2.92. The summed E-state index contributed by atoms with van der Waals surface area (Å²) in [5.41, 5.74) is 0.672. The van der Waals surface area contributed by atoms with Gasteiger partial charge in [0, 0.05) is 10.6 Å². The third-order valence-corrected chi connectivity index (χ3v) is 5.12. The minimum Gasteiger partial charge on any atom is -0.341 e. The van der Waals surface area contributed by atoms with Crippen molar-refractivity contribution in [2.45, 2.75) is 30.7 Å². The molecule has 1 fully saturated rings. The Morgan fingerprint density at radius 2 is 2.26 bits per heavy atom. The van der Waals surface area contributed by atoms with Crippen LogP contribution in [0.25, 0.3) is 0 Å². The van der Waals surface area contributed by atoms with E-state index >= 15 is 0 Å².